The minimum Gasteiger partial charge on any atom is -0.497 e. The fourth-order valence-corrected chi connectivity index (χ4v) is 3.14. The van der Waals surface area contributed by atoms with Gasteiger partial charge < -0.3 is 15.0 Å². The summed E-state index contributed by atoms with van der Waals surface area (Å²) in [5.41, 5.74) is 2.83. The van der Waals surface area contributed by atoms with Crippen molar-refractivity contribution in [3.05, 3.63) is 59.0 Å². The van der Waals surface area contributed by atoms with E-state index in [4.69, 9.17) is 4.74 Å². The van der Waals surface area contributed by atoms with Gasteiger partial charge in [0.1, 0.15) is 5.75 Å². The Bertz CT molecular complexity index is 842. The molecule has 0 radical (unpaired) electrons. The van der Waals surface area contributed by atoms with Crippen LogP contribution < -0.4 is 15.0 Å². The fourth-order valence-electron chi connectivity index (χ4n) is 2.30. The van der Waals surface area contributed by atoms with Gasteiger partial charge in [-0.3, -0.25) is 4.79 Å². The highest BCUT2D eigenvalue weighted by atomic mass is 32.2. The quantitative estimate of drug-likeness (QED) is 0.853. The zero-order valence-corrected chi connectivity index (χ0v) is 15.1. The second kappa shape index (κ2) is 7.44. The number of rotatable bonds is 4. The Morgan fingerprint density at radius 2 is 1.92 bits per heavy atom. The Hall–Kier alpha value is -2.73. The van der Waals surface area contributed by atoms with Crippen molar-refractivity contribution in [1.29, 1.82) is 0 Å². The second-order valence-electron chi connectivity index (χ2n) is 5.67. The van der Waals surface area contributed by atoms with Gasteiger partial charge in [0.25, 0.3) is 5.91 Å². The molecule has 1 saturated heterocycles. The molecule has 25 heavy (non-hydrogen) atoms. The van der Waals surface area contributed by atoms with E-state index in [2.05, 4.69) is 10.3 Å². The van der Waals surface area contributed by atoms with Crippen LogP contribution in [-0.4, -0.2) is 32.3 Å². The molecule has 1 heterocycles. The van der Waals surface area contributed by atoms with Crippen LogP contribution in [0.2, 0.25) is 0 Å². The molecule has 0 atom stereocenters. The number of carbonyl (C=O) groups is 1. The molecular formula is C19H19N3O2S. The van der Waals surface area contributed by atoms with Crippen molar-refractivity contribution in [3.8, 4) is 5.75 Å². The summed E-state index contributed by atoms with van der Waals surface area (Å²) in [5.74, 6) is 0.594. The molecule has 1 N–H and O–H groups in total. The highest BCUT2D eigenvalue weighted by molar-refractivity contribution is 8.18. The Labute approximate surface area is 151 Å². The predicted molar refractivity (Wildman–Crippen MR) is 105 cm³/mol. The van der Waals surface area contributed by atoms with E-state index >= 15 is 0 Å². The average molecular weight is 353 g/mol. The molecule has 0 aromatic heterocycles. The topological polar surface area (TPSA) is 53.9 Å². The molecule has 0 unspecified atom stereocenters. The summed E-state index contributed by atoms with van der Waals surface area (Å²) in [5, 5.41) is 3.36. The van der Waals surface area contributed by atoms with Crippen LogP contribution in [0, 0.1) is 0 Å². The van der Waals surface area contributed by atoms with Gasteiger partial charge in [0.15, 0.2) is 5.17 Å². The van der Waals surface area contributed by atoms with Crippen molar-refractivity contribution in [2.75, 3.05) is 26.1 Å². The standard InChI is InChI=1S/C19H19N3O2S/c1-22(2)15-9-7-13(8-10-15)11-17-18(23)21-19(25-17)20-14-5-4-6-16(12-14)24-3/h4-12H,1-3H3,(H,20,21,23). The molecule has 0 aliphatic carbocycles. The predicted octanol–water partition coefficient (Wildman–Crippen LogP) is 3.65. The lowest BCUT2D eigenvalue weighted by Gasteiger charge is -2.11. The van der Waals surface area contributed by atoms with Gasteiger partial charge in [0.05, 0.1) is 17.7 Å². The Kier molecular flexibility index (Phi) is 5.09. The minimum atomic E-state index is -0.136. The monoisotopic (exact) mass is 353 g/mol. The van der Waals surface area contributed by atoms with Crippen molar-refractivity contribution >= 4 is 40.3 Å². The van der Waals surface area contributed by atoms with Crippen LogP contribution in [0.1, 0.15) is 5.56 Å². The number of hydrogen-bond donors (Lipinski definition) is 1. The van der Waals surface area contributed by atoms with Gasteiger partial charge in [-0.15, -0.1) is 0 Å². The van der Waals surface area contributed by atoms with Gasteiger partial charge in [-0.05, 0) is 47.7 Å². The van der Waals surface area contributed by atoms with Crippen LogP contribution in [0.3, 0.4) is 0 Å². The number of benzene rings is 2. The summed E-state index contributed by atoms with van der Waals surface area (Å²) in [4.78, 5) is 19.3. The molecule has 1 aliphatic heterocycles. The summed E-state index contributed by atoms with van der Waals surface area (Å²) in [6.07, 6.45) is 1.87. The first kappa shape index (κ1) is 17.1. The SMILES string of the molecule is COc1cccc(N=C2NC(=O)C(=Cc3ccc(N(C)C)cc3)S2)c1. The van der Waals surface area contributed by atoms with Gasteiger partial charge >= 0.3 is 0 Å². The van der Waals surface area contributed by atoms with Crippen molar-refractivity contribution in [3.63, 3.8) is 0 Å². The molecule has 2 aromatic rings. The molecule has 0 bridgehead atoms. The van der Waals surface area contributed by atoms with E-state index in [-0.39, 0.29) is 5.91 Å². The van der Waals surface area contributed by atoms with Gasteiger partial charge in [-0.1, -0.05) is 18.2 Å². The first-order valence-electron chi connectivity index (χ1n) is 7.76. The number of aliphatic imine (C=N–C) groups is 1. The maximum Gasteiger partial charge on any atom is 0.264 e. The summed E-state index contributed by atoms with van der Waals surface area (Å²) < 4.78 is 5.19. The van der Waals surface area contributed by atoms with E-state index in [0.29, 0.717) is 10.1 Å². The zero-order valence-electron chi connectivity index (χ0n) is 14.3. The molecule has 3 rings (SSSR count). The van der Waals surface area contributed by atoms with E-state index in [0.717, 1.165) is 22.7 Å². The first-order valence-corrected chi connectivity index (χ1v) is 8.58. The first-order chi connectivity index (χ1) is 12.0. The van der Waals surface area contributed by atoms with Crippen LogP contribution in [0.4, 0.5) is 11.4 Å². The number of nitrogens with zero attached hydrogens (tertiary/aromatic N) is 2. The number of methoxy groups -OCH3 is 1. The number of anilines is 1. The van der Waals surface area contributed by atoms with E-state index in [9.17, 15) is 4.79 Å². The minimum absolute atomic E-state index is 0.136. The molecule has 5 nitrogen and oxygen atoms in total. The van der Waals surface area contributed by atoms with Crippen molar-refractivity contribution in [2.45, 2.75) is 0 Å². The van der Waals surface area contributed by atoms with Crippen LogP contribution in [0.15, 0.2) is 58.4 Å². The Morgan fingerprint density at radius 3 is 2.60 bits per heavy atom. The smallest absolute Gasteiger partial charge is 0.264 e. The molecule has 1 aliphatic rings. The number of amidine groups is 1. The molecule has 6 heteroatoms. The third kappa shape index (κ3) is 4.22. The molecule has 0 spiro atoms. The number of amides is 1. The molecule has 0 saturated carbocycles. The Balaban J connectivity index is 1.78. The lowest BCUT2D eigenvalue weighted by molar-refractivity contribution is -0.115. The highest BCUT2D eigenvalue weighted by Crippen LogP contribution is 2.29. The normalized spacial score (nSPS) is 17.0. The van der Waals surface area contributed by atoms with Crippen molar-refractivity contribution < 1.29 is 9.53 Å². The molecular weight excluding hydrogens is 334 g/mol. The maximum atomic E-state index is 12.2. The molecule has 1 fully saturated rings. The van der Waals surface area contributed by atoms with Crippen LogP contribution in [-0.2, 0) is 4.79 Å². The van der Waals surface area contributed by atoms with Gasteiger partial charge in [-0.25, -0.2) is 4.99 Å². The van der Waals surface area contributed by atoms with Crippen molar-refractivity contribution in [1.82, 2.24) is 5.32 Å². The third-order valence-electron chi connectivity index (χ3n) is 3.64. The van der Waals surface area contributed by atoms with Gasteiger partial charge in [0.2, 0.25) is 0 Å². The molecule has 128 valence electrons. The number of nitrogens with one attached hydrogen (secondary N) is 1. The average Bonchev–Trinajstić information content (AvgIpc) is 2.94. The fraction of sp³-hybridized carbons (Fsp3) is 0.158. The summed E-state index contributed by atoms with van der Waals surface area (Å²) in [6.45, 7) is 0. The van der Waals surface area contributed by atoms with Crippen LogP contribution in [0.5, 0.6) is 5.75 Å². The number of ether oxygens (including phenoxy) is 1. The van der Waals surface area contributed by atoms with E-state index in [1.165, 1.54) is 11.8 Å². The lowest BCUT2D eigenvalue weighted by atomic mass is 10.2. The lowest BCUT2D eigenvalue weighted by Crippen LogP contribution is -2.19. The molecule has 1 amide bonds. The second-order valence-corrected chi connectivity index (χ2v) is 6.70. The van der Waals surface area contributed by atoms with Crippen molar-refractivity contribution in [2.24, 2.45) is 4.99 Å². The third-order valence-corrected chi connectivity index (χ3v) is 4.55. The van der Waals surface area contributed by atoms with Crippen LogP contribution in [0.25, 0.3) is 6.08 Å². The van der Waals surface area contributed by atoms with E-state index in [1.54, 1.807) is 7.11 Å². The number of thioether (sulfide) groups is 1. The van der Waals surface area contributed by atoms with E-state index < -0.39 is 0 Å². The highest BCUT2D eigenvalue weighted by Gasteiger charge is 2.23. The Morgan fingerprint density at radius 1 is 1.16 bits per heavy atom. The summed E-state index contributed by atoms with van der Waals surface area (Å²) >= 11 is 1.33. The van der Waals surface area contributed by atoms with Crippen LogP contribution >= 0.6 is 11.8 Å². The van der Waals surface area contributed by atoms with E-state index in [1.807, 2.05) is 73.6 Å². The maximum absolute atomic E-state index is 12.2. The molecule has 2 aromatic carbocycles. The summed E-state index contributed by atoms with van der Waals surface area (Å²) in [6, 6.07) is 15.4. The number of carbonyl (C=O) groups excluding carboxylic acids is 1. The van der Waals surface area contributed by atoms with Gasteiger partial charge in [-0.2, -0.15) is 0 Å². The van der Waals surface area contributed by atoms with Gasteiger partial charge in [0, 0.05) is 25.8 Å². The zero-order chi connectivity index (χ0) is 17.8. The largest absolute Gasteiger partial charge is 0.497 e. The number of hydrogen-bond acceptors (Lipinski definition) is 5. The summed E-state index contributed by atoms with van der Waals surface area (Å²) in [7, 11) is 5.60.